The second-order valence-electron chi connectivity index (χ2n) is 5.71. The molecule has 3 N–H and O–H groups in total. The number of aliphatic imine (C=N–C) groups is 1. The monoisotopic (exact) mass is 276 g/mol. The first-order valence-corrected chi connectivity index (χ1v) is 7.29. The lowest BCUT2D eigenvalue weighted by Crippen LogP contribution is -2.33. The number of rotatable bonds is 7. The maximum atomic E-state index is 5.79. The average Bonchev–Trinajstić information content (AvgIpc) is 2.42. The first-order chi connectivity index (χ1) is 9.49. The Balaban J connectivity index is 2.25. The van der Waals surface area contributed by atoms with Crippen LogP contribution in [0.15, 0.2) is 29.3 Å². The summed E-state index contributed by atoms with van der Waals surface area (Å²) in [6, 6.07) is 8.68. The van der Waals surface area contributed by atoms with Gasteiger partial charge in [-0.2, -0.15) is 0 Å². The molecule has 1 aromatic carbocycles. The Morgan fingerprint density at radius 1 is 1.25 bits per heavy atom. The van der Waals surface area contributed by atoms with Crippen molar-refractivity contribution in [2.45, 2.75) is 26.7 Å². The van der Waals surface area contributed by atoms with E-state index in [1.165, 1.54) is 11.3 Å². The summed E-state index contributed by atoms with van der Waals surface area (Å²) in [5.74, 6) is 1.10. The van der Waals surface area contributed by atoms with Crippen molar-refractivity contribution >= 4 is 11.6 Å². The molecule has 0 spiro atoms. The van der Waals surface area contributed by atoms with Crippen LogP contribution < -0.4 is 16.0 Å². The van der Waals surface area contributed by atoms with E-state index in [1.54, 1.807) is 0 Å². The van der Waals surface area contributed by atoms with Gasteiger partial charge in [-0.1, -0.05) is 26.0 Å². The van der Waals surface area contributed by atoms with Gasteiger partial charge in [0.1, 0.15) is 0 Å². The smallest absolute Gasteiger partial charge is 0.188 e. The number of nitrogens with two attached hydrogens (primary N) is 1. The molecule has 112 valence electrons. The second-order valence-corrected chi connectivity index (χ2v) is 5.71. The fourth-order valence-electron chi connectivity index (χ4n) is 1.81. The predicted molar refractivity (Wildman–Crippen MR) is 88.4 cm³/mol. The molecule has 0 aromatic heterocycles. The van der Waals surface area contributed by atoms with E-state index in [1.807, 2.05) is 0 Å². The Morgan fingerprint density at radius 2 is 1.90 bits per heavy atom. The Kier molecular flexibility index (Phi) is 6.91. The molecule has 0 aliphatic rings. The summed E-state index contributed by atoms with van der Waals surface area (Å²) in [5, 5.41) is 3.16. The van der Waals surface area contributed by atoms with Gasteiger partial charge in [0.2, 0.25) is 0 Å². The number of nitrogens with zero attached hydrogens (tertiary/aromatic N) is 2. The highest BCUT2D eigenvalue weighted by Crippen LogP contribution is 2.13. The molecule has 0 bridgehead atoms. The van der Waals surface area contributed by atoms with Crippen LogP contribution in [0.4, 0.5) is 5.69 Å². The van der Waals surface area contributed by atoms with E-state index >= 15 is 0 Å². The third kappa shape index (κ3) is 6.45. The van der Waals surface area contributed by atoms with Crippen molar-refractivity contribution in [3.05, 3.63) is 29.8 Å². The van der Waals surface area contributed by atoms with Crippen molar-refractivity contribution in [1.82, 2.24) is 5.32 Å². The quantitative estimate of drug-likeness (QED) is 0.456. The van der Waals surface area contributed by atoms with E-state index in [-0.39, 0.29) is 0 Å². The highest BCUT2D eigenvalue weighted by molar-refractivity contribution is 5.77. The summed E-state index contributed by atoms with van der Waals surface area (Å²) >= 11 is 0. The van der Waals surface area contributed by atoms with Crippen LogP contribution in [0.1, 0.15) is 25.8 Å². The lowest BCUT2D eigenvalue weighted by Gasteiger charge is -2.12. The molecule has 4 heteroatoms. The fourth-order valence-corrected chi connectivity index (χ4v) is 1.81. The molecule has 0 aliphatic carbocycles. The van der Waals surface area contributed by atoms with E-state index in [9.17, 15) is 0 Å². The summed E-state index contributed by atoms with van der Waals surface area (Å²) in [4.78, 5) is 6.39. The first-order valence-electron chi connectivity index (χ1n) is 7.29. The molecule has 0 unspecified atom stereocenters. The van der Waals surface area contributed by atoms with Gasteiger partial charge in [0, 0.05) is 32.9 Å². The molecule has 4 nitrogen and oxygen atoms in total. The van der Waals surface area contributed by atoms with E-state index in [4.69, 9.17) is 5.73 Å². The summed E-state index contributed by atoms with van der Waals surface area (Å²) in [6.45, 7) is 5.91. The van der Waals surface area contributed by atoms with Crippen molar-refractivity contribution in [2.24, 2.45) is 16.6 Å². The lowest BCUT2D eigenvalue weighted by atomic mass is 10.1. The van der Waals surface area contributed by atoms with E-state index in [0.717, 1.165) is 25.9 Å². The standard InChI is InChI=1S/C16H28N4/c1-13(2)12-19-16(17)18-11-5-6-14-7-9-15(10-8-14)20(3)4/h7-10,13H,5-6,11-12H2,1-4H3,(H3,17,18,19). The van der Waals surface area contributed by atoms with Crippen LogP contribution in [0.2, 0.25) is 0 Å². The van der Waals surface area contributed by atoms with Crippen molar-refractivity contribution in [2.75, 3.05) is 32.1 Å². The van der Waals surface area contributed by atoms with Gasteiger partial charge in [-0.25, -0.2) is 0 Å². The topological polar surface area (TPSA) is 53.6 Å². The first kappa shape index (κ1) is 16.3. The maximum Gasteiger partial charge on any atom is 0.188 e. The van der Waals surface area contributed by atoms with Gasteiger partial charge in [0.05, 0.1) is 0 Å². The minimum Gasteiger partial charge on any atom is -0.378 e. The van der Waals surface area contributed by atoms with Crippen molar-refractivity contribution < 1.29 is 0 Å². The van der Waals surface area contributed by atoms with Gasteiger partial charge in [0.15, 0.2) is 5.96 Å². The van der Waals surface area contributed by atoms with E-state index in [0.29, 0.717) is 11.9 Å². The van der Waals surface area contributed by atoms with E-state index in [2.05, 4.69) is 67.4 Å². The Bertz CT molecular complexity index is 407. The SMILES string of the molecule is CC(C)CN=C(N)NCCCc1ccc(N(C)C)cc1. The molecular formula is C16H28N4. The number of benzene rings is 1. The Labute approximate surface area is 123 Å². The number of aryl methyl sites for hydroxylation is 1. The lowest BCUT2D eigenvalue weighted by molar-refractivity contribution is 0.659. The molecule has 0 saturated carbocycles. The Hall–Kier alpha value is -1.71. The van der Waals surface area contributed by atoms with Crippen LogP contribution in [-0.4, -0.2) is 33.1 Å². The van der Waals surface area contributed by atoms with Gasteiger partial charge >= 0.3 is 0 Å². The second kappa shape index (κ2) is 8.46. The number of hydrogen-bond donors (Lipinski definition) is 2. The highest BCUT2D eigenvalue weighted by atomic mass is 15.1. The number of anilines is 1. The summed E-state index contributed by atoms with van der Waals surface area (Å²) in [5.41, 5.74) is 8.38. The van der Waals surface area contributed by atoms with Crippen LogP contribution in [-0.2, 0) is 6.42 Å². The van der Waals surface area contributed by atoms with E-state index < -0.39 is 0 Å². The minimum atomic E-state index is 0.547. The number of hydrogen-bond acceptors (Lipinski definition) is 2. The minimum absolute atomic E-state index is 0.547. The molecule has 0 saturated heterocycles. The van der Waals surface area contributed by atoms with Crippen LogP contribution in [0.3, 0.4) is 0 Å². The molecule has 0 atom stereocenters. The van der Waals surface area contributed by atoms with Crippen molar-refractivity contribution in [1.29, 1.82) is 0 Å². The largest absolute Gasteiger partial charge is 0.378 e. The molecule has 20 heavy (non-hydrogen) atoms. The van der Waals surface area contributed by atoms with Gasteiger partial charge in [-0.15, -0.1) is 0 Å². The summed E-state index contributed by atoms with van der Waals surface area (Å²) in [7, 11) is 4.11. The maximum absolute atomic E-state index is 5.79. The van der Waals surface area contributed by atoms with Crippen LogP contribution in [0, 0.1) is 5.92 Å². The molecule has 1 aromatic rings. The number of guanidine groups is 1. The zero-order valence-corrected chi connectivity index (χ0v) is 13.2. The molecule has 0 aliphatic heterocycles. The van der Waals surface area contributed by atoms with Crippen molar-refractivity contribution in [3.63, 3.8) is 0 Å². The van der Waals surface area contributed by atoms with Gasteiger partial charge in [-0.05, 0) is 36.5 Å². The summed E-state index contributed by atoms with van der Waals surface area (Å²) in [6.07, 6.45) is 2.11. The predicted octanol–water partition coefficient (Wildman–Crippen LogP) is 2.25. The van der Waals surface area contributed by atoms with Crippen LogP contribution >= 0.6 is 0 Å². The molecular weight excluding hydrogens is 248 g/mol. The average molecular weight is 276 g/mol. The van der Waals surface area contributed by atoms with Gasteiger partial charge in [-0.3, -0.25) is 4.99 Å². The Morgan fingerprint density at radius 3 is 2.45 bits per heavy atom. The zero-order chi connectivity index (χ0) is 15.0. The van der Waals surface area contributed by atoms with Crippen LogP contribution in [0.5, 0.6) is 0 Å². The van der Waals surface area contributed by atoms with Gasteiger partial charge in [0.25, 0.3) is 0 Å². The van der Waals surface area contributed by atoms with Gasteiger partial charge < -0.3 is 16.0 Å². The molecule has 0 amide bonds. The fraction of sp³-hybridized carbons (Fsp3) is 0.562. The third-order valence-electron chi connectivity index (χ3n) is 3.03. The molecule has 1 rings (SSSR count). The third-order valence-corrected chi connectivity index (χ3v) is 3.03. The highest BCUT2D eigenvalue weighted by Gasteiger charge is 1.98. The molecule has 0 fully saturated rings. The normalized spacial score (nSPS) is 11.8. The van der Waals surface area contributed by atoms with Crippen molar-refractivity contribution in [3.8, 4) is 0 Å². The molecule has 0 heterocycles. The number of nitrogens with one attached hydrogen (secondary N) is 1. The van der Waals surface area contributed by atoms with Crippen LogP contribution in [0.25, 0.3) is 0 Å². The molecule has 0 radical (unpaired) electrons. The zero-order valence-electron chi connectivity index (χ0n) is 13.2. The summed E-state index contributed by atoms with van der Waals surface area (Å²) < 4.78 is 0.